The summed E-state index contributed by atoms with van der Waals surface area (Å²) in [6.07, 6.45) is 27.8. The van der Waals surface area contributed by atoms with Crippen LogP contribution >= 0.6 is 0 Å². The molecule has 2 atom stereocenters. The first-order valence-corrected chi connectivity index (χ1v) is 49.3. The SMILES string of the molecule is CC(=O)OCCc1ccccc1.CC(C)(C)C(=O)OCCc1ccccc1.CCC(=O)OC(C)c1ccccc1.CCC(=O)OCCc1ccccc1.CCCCC(=O)OCCc1ccccc1.CCCCC(CC)C(=O)OCCc1ccccc1.CCCCCCCC(=O)OCCc1ccccc1.O=C(OCCc1ccccc1)C1CC1.O=C(OCCc1ccccc1)C1CCCCC1. The van der Waals surface area contributed by atoms with Crippen LogP contribution in [-0.4, -0.2) is 107 Å². The fourth-order valence-corrected chi connectivity index (χ4v) is 13.1. The Morgan fingerprint density at radius 3 is 0.904 bits per heavy atom. The van der Waals surface area contributed by atoms with Gasteiger partial charge < -0.3 is 42.6 Å². The molecule has 0 amide bonds. The molecule has 734 valence electrons. The van der Waals surface area contributed by atoms with Crippen molar-refractivity contribution in [3.05, 3.63) is 323 Å². The molecule has 18 nitrogen and oxygen atoms in total. The first kappa shape index (κ1) is 117. The minimum absolute atomic E-state index is 0.0130. The molecule has 0 radical (unpaired) electrons. The molecule has 0 aromatic heterocycles. The summed E-state index contributed by atoms with van der Waals surface area (Å²) in [6, 6.07) is 90.2. The highest BCUT2D eigenvalue weighted by atomic mass is 16.6. The molecule has 2 aliphatic rings. The van der Waals surface area contributed by atoms with E-state index in [9.17, 15) is 43.2 Å². The van der Waals surface area contributed by atoms with Gasteiger partial charge in [0.05, 0.1) is 76.0 Å². The molecule has 18 heteroatoms. The van der Waals surface area contributed by atoms with Gasteiger partial charge in [0.25, 0.3) is 0 Å². The van der Waals surface area contributed by atoms with Crippen LogP contribution in [0.1, 0.15) is 274 Å². The van der Waals surface area contributed by atoms with E-state index in [2.05, 4.69) is 64.1 Å². The fourth-order valence-electron chi connectivity index (χ4n) is 13.1. The molecule has 0 spiro atoms. The number of ether oxygens (including phenoxy) is 9. The molecule has 0 bridgehead atoms. The topological polar surface area (TPSA) is 237 Å². The molecule has 2 saturated carbocycles. The number of esters is 9. The molecular formula is C117H158O18. The zero-order valence-electron chi connectivity index (χ0n) is 83.0. The Labute approximate surface area is 808 Å². The van der Waals surface area contributed by atoms with Gasteiger partial charge in [-0.2, -0.15) is 0 Å². The van der Waals surface area contributed by atoms with Crippen molar-refractivity contribution in [3.63, 3.8) is 0 Å². The maximum atomic E-state index is 11.8. The van der Waals surface area contributed by atoms with Crippen molar-refractivity contribution >= 4 is 53.7 Å². The summed E-state index contributed by atoms with van der Waals surface area (Å²) < 4.78 is 46.2. The maximum Gasteiger partial charge on any atom is 0.311 e. The lowest BCUT2D eigenvalue weighted by atomic mass is 9.89. The van der Waals surface area contributed by atoms with Gasteiger partial charge in [0.15, 0.2) is 0 Å². The molecule has 2 aliphatic carbocycles. The summed E-state index contributed by atoms with van der Waals surface area (Å²) in [5.74, 6) is -0.332. The average molecular weight is 1850 g/mol. The quantitative estimate of drug-likeness (QED) is 0.0196. The molecule has 2 unspecified atom stereocenters. The first-order valence-electron chi connectivity index (χ1n) is 49.3. The van der Waals surface area contributed by atoms with Gasteiger partial charge in [-0.3, -0.25) is 43.2 Å². The zero-order valence-corrected chi connectivity index (χ0v) is 83.0. The third-order valence-corrected chi connectivity index (χ3v) is 21.5. The van der Waals surface area contributed by atoms with E-state index in [1.54, 1.807) is 13.8 Å². The summed E-state index contributed by atoms with van der Waals surface area (Å²) in [5, 5.41) is 0. The van der Waals surface area contributed by atoms with Crippen molar-refractivity contribution < 1.29 is 85.8 Å². The van der Waals surface area contributed by atoms with Gasteiger partial charge in [0.1, 0.15) is 6.10 Å². The normalized spacial score (nSPS) is 11.9. The summed E-state index contributed by atoms with van der Waals surface area (Å²) in [6.45, 7) is 24.8. The number of unbranched alkanes of at least 4 members (excludes halogenated alkanes) is 6. The Bertz CT molecular complexity index is 4460. The van der Waals surface area contributed by atoms with Crippen LogP contribution in [0.3, 0.4) is 0 Å². The van der Waals surface area contributed by atoms with E-state index in [-0.39, 0.29) is 77.6 Å². The lowest BCUT2D eigenvalue weighted by Crippen LogP contribution is -2.23. The largest absolute Gasteiger partial charge is 0.466 e. The van der Waals surface area contributed by atoms with E-state index < -0.39 is 5.41 Å². The predicted molar refractivity (Wildman–Crippen MR) is 541 cm³/mol. The smallest absolute Gasteiger partial charge is 0.311 e. The Hall–Kier alpha value is -11.8. The second-order valence-electron chi connectivity index (χ2n) is 34.1. The highest BCUT2D eigenvalue weighted by molar-refractivity contribution is 5.76. The summed E-state index contributed by atoms with van der Waals surface area (Å²) >= 11 is 0. The van der Waals surface area contributed by atoms with Crippen LogP contribution in [0.15, 0.2) is 273 Å². The second kappa shape index (κ2) is 77.5. The van der Waals surface area contributed by atoms with Gasteiger partial charge in [-0.05, 0) is 129 Å². The van der Waals surface area contributed by atoms with Gasteiger partial charge in [0.2, 0.25) is 0 Å². The molecule has 135 heavy (non-hydrogen) atoms. The lowest BCUT2D eigenvalue weighted by molar-refractivity contribution is -0.153. The number of benzene rings is 9. The summed E-state index contributed by atoms with van der Waals surface area (Å²) in [5.41, 5.74) is 10.3. The molecule has 0 N–H and O–H groups in total. The fraction of sp³-hybridized carbons (Fsp3) is 0.462. The van der Waals surface area contributed by atoms with Crippen molar-refractivity contribution in [2.75, 3.05) is 52.9 Å². The number of hydrogen-bond acceptors (Lipinski definition) is 18. The molecular weight excluding hydrogens is 1690 g/mol. The predicted octanol–water partition coefficient (Wildman–Crippen LogP) is 26.1. The molecule has 0 aliphatic heterocycles. The number of carbonyl (C=O) groups excluding carboxylic acids is 9. The van der Waals surface area contributed by atoms with Crippen LogP contribution in [0.2, 0.25) is 0 Å². The van der Waals surface area contributed by atoms with Crippen molar-refractivity contribution in [1.29, 1.82) is 0 Å². The van der Waals surface area contributed by atoms with Gasteiger partial charge >= 0.3 is 53.7 Å². The van der Waals surface area contributed by atoms with Gasteiger partial charge in [-0.1, -0.05) is 379 Å². The van der Waals surface area contributed by atoms with E-state index in [4.69, 9.17) is 42.6 Å². The molecule has 9 aromatic rings. The van der Waals surface area contributed by atoms with E-state index >= 15 is 0 Å². The molecule has 0 heterocycles. The Morgan fingerprint density at radius 1 is 0.304 bits per heavy atom. The first-order chi connectivity index (χ1) is 65.5. The van der Waals surface area contributed by atoms with Crippen LogP contribution in [0.25, 0.3) is 0 Å². The summed E-state index contributed by atoms with van der Waals surface area (Å²) in [7, 11) is 0. The van der Waals surface area contributed by atoms with E-state index in [1.165, 1.54) is 90.0 Å². The van der Waals surface area contributed by atoms with Crippen molar-refractivity contribution in [2.45, 2.75) is 275 Å². The van der Waals surface area contributed by atoms with Crippen LogP contribution in [0.5, 0.6) is 0 Å². The Balaban J connectivity index is 0.000000392. The van der Waals surface area contributed by atoms with Crippen LogP contribution in [-0.2, 0) is 137 Å². The van der Waals surface area contributed by atoms with E-state index in [0.717, 1.165) is 134 Å². The minimum atomic E-state index is -0.406. The highest BCUT2D eigenvalue weighted by Crippen LogP contribution is 2.30. The Morgan fingerprint density at radius 2 is 0.593 bits per heavy atom. The minimum Gasteiger partial charge on any atom is -0.466 e. The molecule has 2 fully saturated rings. The number of carbonyl (C=O) groups is 9. The lowest BCUT2D eigenvalue weighted by Gasteiger charge is -2.19. The van der Waals surface area contributed by atoms with Crippen LogP contribution < -0.4 is 0 Å². The summed E-state index contributed by atoms with van der Waals surface area (Å²) in [4.78, 5) is 101. The van der Waals surface area contributed by atoms with Crippen molar-refractivity contribution in [3.8, 4) is 0 Å². The zero-order chi connectivity index (χ0) is 98.3. The molecule has 11 rings (SSSR count). The third kappa shape index (κ3) is 63.9. The van der Waals surface area contributed by atoms with Crippen molar-refractivity contribution in [1.82, 2.24) is 0 Å². The van der Waals surface area contributed by atoms with Gasteiger partial charge in [-0.15, -0.1) is 0 Å². The Kier molecular flexibility index (Phi) is 67.4. The second-order valence-corrected chi connectivity index (χ2v) is 34.1. The third-order valence-electron chi connectivity index (χ3n) is 21.5. The standard InChI is InChI=1S/2C16H24O2.C15H20O2.2C13H18O2.C12H14O2.2C11H14O2.C10H12O2/c1-3-5-11-15(4-2)16(17)18-13-12-14-9-7-6-8-10-14;1-2-3-4-5-9-12-16(17)18-14-13-15-10-7-6-8-11-15;16-15(14-9-5-2-6-10-14)17-12-11-13-7-3-1-4-8-13;1-13(2,3)12(14)15-10-9-11-7-5-4-6-8-11;1-2-3-9-13(14)15-11-10-12-7-5-4-6-8-12;13-12(11-6-7-11)14-9-8-10-4-2-1-3-5-10;1-3-11(12)13-9(2)10-7-5-4-6-8-10;1-2-11(12)13-9-8-10-6-4-3-5-7-10;1-9(11)12-8-7-10-5-3-2-4-6-10/h6-10,15H,3-5,11-13H2,1-2H3;6-8,10-11H,2-5,9,12-14H2,1H3;1,3-4,7-8,14H,2,5-6,9-12H2;4-8H,9-10H2,1-3H3;4-8H,2-3,9-11H2,1H3;1-5,11H,6-9H2;4-9H,3H2,1-2H3;3-7H,2,8-9H2,1H3;2-6H,7-8H2,1H3. The maximum absolute atomic E-state index is 11.8. The van der Waals surface area contributed by atoms with Gasteiger partial charge in [-0.25, -0.2) is 0 Å². The van der Waals surface area contributed by atoms with Gasteiger partial charge in [0, 0.05) is 84.0 Å². The molecule has 0 saturated heterocycles. The monoisotopic (exact) mass is 1850 g/mol. The highest BCUT2D eigenvalue weighted by Gasteiger charge is 2.31. The van der Waals surface area contributed by atoms with Crippen LogP contribution in [0.4, 0.5) is 0 Å². The number of hydrogen-bond donors (Lipinski definition) is 0. The molecule has 9 aromatic carbocycles. The van der Waals surface area contributed by atoms with Crippen molar-refractivity contribution in [2.24, 2.45) is 23.2 Å². The van der Waals surface area contributed by atoms with Crippen LogP contribution in [0, 0.1) is 23.2 Å². The average Bonchev–Trinajstić information content (AvgIpc) is 1.75. The van der Waals surface area contributed by atoms with E-state index in [1.807, 2.05) is 264 Å². The van der Waals surface area contributed by atoms with E-state index in [0.29, 0.717) is 78.5 Å². The number of rotatable bonds is 44.